The standard InChI is InChI=1S/2C27H28F2N6O2.2C26H29F2N5O.CH4/c2*1-15-27(36)33(2)14-23-24(32-26(35(15)23)16-5-8-37-9-6-16)18-4-7-30-22-11-19(17-12-31-34(3)13-17)21(25(28)29)10-20(18)22;2*1-15-26(34)31(3)14-22-25(29-24(33(15)22)16-6-7-16)32-9-4-5-17-11-19(18-8-10-30(2)13-18)20(23(27)28)12-21(17)32;/h2*4,7,10-13,15-16,25H,5-6,8-9,14H2,1-3H3;2*8,10-13,15-16,23H,4-7,9,14H2,1-3H3;1H4/t4*15-;/m1010./s1. The second kappa shape index (κ2) is 38.6. The number of nitrogens with zero attached hydrogens (tertiary/aromatic N) is 22. The minimum absolute atomic E-state index is 0. The molecule has 2 aliphatic carbocycles. The number of anilines is 4. The number of carbonyl (C=O) groups is 4. The molecule has 36 heteroatoms. The molecule has 0 unspecified atom stereocenters. The first kappa shape index (κ1) is 96.8. The van der Waals surface area contributed by atoms with Crippen molar-refractivity contribution in [3.63, 3.8) is 0 Å². The number of halogens is 8. The summed E-state index contributed by atoms with van der Waals surface area (Å²) in [4.78, 5) is 91.9. The average Bonchev–Trinajstić information content (AvgIpc) is 1.58. The largest absolute Gasteiger partial charge is 0.381 e. The molecule has 18 heterocycles. The van der Waals surface area contributed by atoms with Crippen molar-refractivity contribution in [2.45, 2.75) is 212 Å². The summed E-state index contributed by atoms with van der Waals surface area (Å²) in [5, 5.41) is 9.52. The Balaban J connectivity index is 0.000000116. The Kier molecular flexibility index (Phi) is 26.1. The van der Waals surface area contributed by atoms with Gasteiger partial charge in [-0.2, -0.15) is 10.2 Å². The third-order valence-corrected chi connectivity index (χ3v) is 30.0. The van der Waals surface area contributed by atoms with Crippen LogP contribution in [0.3, 0.4) is 0 Å². The van der Waals surface area contributed by atoms with E-state index in [0.29, 0.717) is 120 Å². The lowest BCUT2D eigenvalue weighted by molar-refractivity contribution is -0.136. The predicted molar refractivity (Wildman–Crippen MR) is 528 cm³/mol. The van der Waals surface area contributed by atoms with Gasteiger partial charge in [-0.15, -0.1) is 0 Å². The number of imidazole rings is 4. The quantitative estimate of drug-likeness (QED) is 0.0816. The van der Waals surface area contributed by atoms with Gasteiger partial charge < -0.3 is 66.3 Å². The van der Waals surface area contributed by atoms with Crippen molar-refractivity contribution in [3.8, 4) is 67.0 Å². The van der Waals surface area contributed by atoms with Crippen molar-refractivity contribution >= 4 is 68.4 Å². The van der Waals surface area contributed by atoms with Gasteiger partial charge in [-0.3, -0.25) is 38.5 Å². The number of rotatable bonds is 16. The van der Waals surface area contributed by atoms with Crippen molar-refractivity contribution in [1.29, 1.82) is 0 Å². The van der Waals surface area contributed by atoms with Crippen molar-refractivity contribution in [1.82, 2.24) is 96.5 Å². The third-order valence-electron chi connectivity index (χ3n) is 30.0. The Labute approximate surface area is 823 Å². The number of carbonyl (C=O) groups excluding carboxylic acids is 4. The normalized spacial score (nSPS) is 19.3. The van der Waals surface area contributed by atoms with E-state index in [1.54, 1.807) is 119 Å². The van der Waals surface area contributed by atoms with Crippen LogP contribution in [0, 0.1) is 0 Å². The van der Waals surface area contributed by atoms with E-state index in [9.17, 15) is 54.3 Å². The average molecular weight is 1960 g/mol. The van der Waals surface area contributed by atoms with Crippen LogP contribution in [0.25, 0.3) is 88.8 Å². The summed E-state index contributed by atoms with van der Waals surface area (Å²) in [7, 11) is 14.5. The van der Waals surface area contributed by atoms with Gasteiger partial charge in [0.25, 0.3) is 25.7 Å². The summed E-state index contributed by atoms with van der Waals surface area (Å²) in [6.45, 7) is 13.5. The van der Waals surface area contributed by atoms with Crippen LogP contribution in [0.4, 0.5) is 58.1 Å². The highest BCUT2D eigenvalue weighted by Crippen LogP contribution is 2.53. The predicted octanol–water partition coefficient (Wildman–Crippen LogP) is 21.0. The summed E-state index contributed by atoms with van der Waals surface area (Å²) >= 11 is 0. The van der Waals surface area contributed by atoms with Crippen molar-refractivity contribution < 1.29 is 63.8 Å². The highest BCUT2D eigenvalue weighted by atomic mass is 19.3. The smallest absolute Gasteiger partial charge is 0.264 e. The first-order valence-corrected chi connectivity index (χ1v) is 49.0. The van der Waals surface area contributed by atoms with Crippen LogP contribution in [0.2, 0.25) is 0 Å². The molecule has 143 heavy (non-hydrogen) atoms. The SMILES string of the molecule is C.C[C@@H]1C(=O)N(C)Cc2c(-c3ccnc4cc(-c5cnn(C)c5)c(C(F)F)cc34)nc(C3CCOCC3)n21.C[C@@H]1C(=O)N(C)Cc2c(N3CCCc4cc(-c5ccn(C)c5)c(C(F)F)cc43)nc(C3CC3)n21.C[C@H]1C(=O)N(C)Cc2c(-c3ccnc4cc(-c5cnn(C)c5)c(C(F)F)cc34)nc(C3CCOCC3)n21.C[C@H]1C(=O)N(C)Cc2c(N3CCCc4cc(-c5ccn(C)c5)c(C(F)F)cc43)nc(C3CC3)n21. The summed E-state index contributed by atoms with van der Waals surface area (Å²) < 4.78 is 141. The van der Waals surface area contributed by atoms with Gasteiger partial charge in [0.05, 0.1) is 83.8 Å². The van der Waals surface area contributed by atoms with Crippen LogP contribution >= 0.6 is 0 Å². The van der Waals surface area contributed by atoms with E-state index in [1.165, 1.54) is 12.1 Å². The zero-order chi connectivity index (χ0) is 99.1. The van der Waals surface area contributed by atoms with Crippen LogP contribution in [-0.2, 0) is 95.9 Å². The molecule has 28 nitrogen and oxygen atoms in total. The van der Waals surface area contributed by atoms with E-state index in [1.807, 2.05) is 126 Å². The summed E-state index contributed by atoms with van der Waals surface area (Å²) in [6.07, 6.45) is 18.2. The lowest BCUT2D eigenvalue weighted by atomic mass is 9.93. The molecule has 24 rings (SSSR count). The minimum Gasteiger partial charge on any atom is -0.381 e. The molecule has 4 amide bonds. The monoisotopic (exact) mass is 1960 g/mol. The summed E-state index contributed by atoms with van der Waals surface area (Å²) in [5.41, 5.74) is 16.5. The Morgan fingerprint density at radius 3 is 1.01 bits per heavy atom. The van der Waals surface area contributed by atoms with Gasteiger partial charge in [0, 0.05) is 236 Å². The fourth-order valence-electron chi connectivity index (χ4n) is 22.5. The number of hydrogen-bond donors (Lipinski definition) is 0. The molecule has 2 saturated carbocycles. The molecule has 4 aromatic carbocycles. The van der Waals surface area contributed by atoms with Gasteiger partial charge >= 0.3 is 0 Å². The molecule has 0 N–H and O–H groups in total. The molecule has 10 aliphatic rings. The van der Waals surface area contributed by atoms with E-state index >= 15 is 0 Å². The molecule has 2 saturated heterocycles. The van der Waals surface area contributed by atoms with Gasteiger partial charge in [0.15, 0.2) is 11.6 Å². The number of aryl methyl sites for hydroxylation is 6. The van der Waals surface area contributed by atoms with Crippen LogP contribution in [0.1, 0.15) is 252 Å². The van der Waals surface area contributed by atoms with Crippen molar-refractivity contribution in [2.75, 3.05) is 77.5 Å². The zero-order valence-electron chi connectivity index (χ0n) is 81.5. The Hall–Kier alpha value is -13.6. The molecule has 0 spiro atoms. The summed E-state index contributed by atoms with van der Waals surface area (Å²) in [6, 6.07) is 19.8. The Bertz CT molecular complexity index is 6860. The minimum atomic E-state index is -2.68. The van der Waals surface area contributed by atoms with Crippen LogP contribution < -0.4 is 9.80 Å². The van der Waals surface area contributed by atoms with Crippen LogP contribution in [0.15, 0.2) is 135 Å². The number of likely N-dealkylation sites (N-methyl/N-ethyl adjacent to an activating group) is 4. The Morgan fingerprint density at radius 2 is 0.685 bits per heavy atom. The maximum absolute atomic E-state index is 14.3. The number of benzene rings is 4. The second-order valence-electron chi connectivity index (χ2n) is 39.7. The topological polar surface area (TPSA) is 249 Å². The maximum Gasteiger partial charge on any atom is 0.264 e. The lowest BCUT2D eigenvalue weighted by Gasteiger charge is -2.35. The molecule has 0 bridgehead atoms. The van der Waals surface area contributed by atoms with E-state index < -0.39 is 37.8 Å². The van der Waals surface area contributed by atoms with Crippen LogP contribution in [-0.4, -0.2) is 188 Å². The Morgan fingerprint density at radius 1 is 0.364 bits per heavy atom. The molecule has 10 aromatic heterocycles. The third kappa shape index (κ3) is 17.7. The molecule has 4 fully saturated rings. The molecule has 14 aromatic rings. The number of hydrogen-bond acceptors (Lipinski definition) is 16. The summed E-state index contributed by atoms with van der Waals surface area (Å²) in [5.74, 6) is 6.67. The van der Waals surface area contributed by atoms with Crippen LogP contribution in [0.5, 0.6) is 0 Å². The molecule has 748 valence electrons. The fourth-order valence-corrected chi connectivity index (χ4v) is 22.5. The first-order valence-electron chi connectivity index (χ1n) is 49.0. The van der Waals surface area contributed by atoms with Gasteiger partial charge in [-0.25, -0.2) is 55.1 Å². The van der Waals surface area contributed by atoms with Crippen molar-refractivity contribution in [3.05, 3.63) is 214 Å². The highest BCUT2D eigenvalue weighted by Gasteiger charge is 2.45. The number of amides is 4. The maximum atomic E-state index is 14.3. The van der Waals surface area contributed by atoms with Gasteiger partial charge in [-0.05, 0) is 222 Å². The molecule has 8 aliphatic heterocycles. The number of ether oxygens (including phenoxy) is 2. The van der Waals surface area contributed by atoms with E-state index in [4.69, 9.17) is 29.4 Å². The van der Waals surface area contributed by atoms with Gasteiger partial charge in [0.1, 0.15) is 47.5 Å². The lowest BCUT2D eigenvalue weighted by Crippen LogP contribution is -2.40. The number of aromatic nitrogens is 16. The highest BCUT2D eigenvalue weighted by molar-refractivity contribution is 6.00. The molecular weight excluding hydrogens is 1840 g/mol. The number of alkyl halides is 8. The van der Waals surface area contributed by atoms with E-state index in [0.717, 1.165) is 204 Å². The number of fused-ring (bicyclic) bond motifs is 8. The molecular formula is C107H118F8N22O6. The molecule has 4 atom stereocenters. The zero-order valence-corrected chi connectivity index (χ0v) is 81.5. The fraction of sp³-hybridized carbons (Fsp3) is 0.439. The van der Waals surface area contributed by atoms with Gasteiger partial charge in [-0.1, -0.05) is 7.43 Å². The second-order valence-corrected chi connectivity index (χ2v) is 39.7. The van der Waals surface area contributed by atoms with E-state index in [-0.39, 0.29) is 77.2 Å². The van der Waals surface area contributed by atoms with E-state index in [2.05, 4.69) is 48.2 Å². The molecule has 0 radical (unpaired) electrons. The van der Waals surface area contributed by atoms with Gasteiger partial charge in [0.2, 0.25) is 23.6 Å². The number of pyridine rings is 2. The van der Waals surface area contributed by atoms with Crippen molar-refractivity contribution in [2.24, 2.45) is 28.2 Å². The first-order chi connectivity index (χ1) is 68.3.